The zero-order valence-electron chi connectivity index (χ0n) is 13.9. The third-order valence-electron chi connectivity index (χ3n) is 3.53. The van der Waals surface area contributed by atoms with Crippen molar-refractivity contribution in [1.82, 2.24) is 14.7 Å². The minimum absolute atomic E-state index is 0.139. The fourth-order valence-electron chi connectivity index (χ4n) is 2.45. The van der Waals surface area contributed by atoms with Crippen molar-refractivity contribution in [2.24, 2.45) is 4.99 Å². The fourth-order valence-corrected chi connectivity index (χ4v) is 2.45. The van der Waals surface area contributed by atoms with Crippen molar-refractivity contribution in [2.45, 2.75) is 13.2 Å². The quantitative estimate of drug-likeness (QED) is 0.503. The lowest BCUT2D eigenvalue weighted by Gasteiger charge is -2.07. The Labute approximate surface area is 144 Å². The van der Waals surface area contributed by atoms with Crippen LogP contribution in [-0.2, 0) is 6.54 Å². The van der Waals surface area contributed by atoms with E-state index in [2.05, 4.69) is 14.8 Å². The summed E-state index contributed by atoms with van der Waals surface area (Å²) in [5.74, 6) is 0.780. The molecular weight excluding hydrogens is 326 g/mol. The van der Waals surface area contributed by atoms with Crippen molar-refractivity contribution in [2.75, 3.05) is 14.1 Å². The van der Waals surface area contributed by atoms with E-state index in [1.807, 2.05) is 47.9 Å². The molecular formula is C18H18F2N4O. The Kier molecular flexibility index (Phi) is 4.92. The topological polar surface area (TPSA) is 42.7 Å². The third-order valence-corrected chi connectivity index (χ3v) is 3.53. The molecule has 3 rings (SSSR count). The summed E-state index contributed by atoms with van der Waals surface area (Å²) < 4.78 is 30.7. The van der Waals surface area contributed by atoms with Crippen LogP contribution in [-0.4, -0.2) is 41.7 Å². The summed E-state index contributed by atoms with van der Waals surface area (Å²) in [5.41, 5.74) is 1.89. The summed E-state index contributed by atoms with van der Waals surface area (Å²) in [6.07, 6.45) is 1.70. The van der Waals surface area contributed by atoms with Crippen LogP contribution in [0.3, 0.4) is 0 Å². The van der Waals surface area contributed by atoms with Gasteiger partial charge < -0.3 is 9.64 Å². The number of benzene rings is 2. The molecule has 130 valence electrons. The molecule has 0 radical (unpaired) electrons. The number of alkyl halides is 2. The molecule has 5 nitrogen and oxygen atoms in total. The molecule has 0 N–H and O–H groups in total. The summed E-state index contributed by atoms with van der Waals surface area (Å²) >= 11 is 0. The summed E-state index contributed by atoms with van der Waals surface area (Å²) in [5, 5.41) is 5.52. The standard InChI is InChI=1S/C18H18F2N4O/c1-23(2)12-21-17-15-5-3-4-6-16(15)24(22-17)11-13-7-9-14(10-8-13)25-18(19)20/h3-10,12,18H,11H2,1-2H3. The van der Waals surface area contributed by atoms with Crippen LogP contribution in [0, 0.1) is 0 Å². The van der Waals surface area contributed by atoms with Crippen LogP contribution < -0.4 is 4.74 Å². The molecule has 1 aromatic heterocycles. The summed E-state index contributed by atoms with van der Waals surface area (Å²) in [6.45, 7) is -2.31. The average Bonchev–Trinajstić information content (AvgIpc) is 2.92. The van der Waals surface area contributed by atoms with Gasteiger partial charge in [-0.05, 0) is 29.8 Å². The highest BCUT2D eigenvalue weighted by Gasteiger charge is 2.10. The zero-order chi connectivity index (χ0) is 17.8. The van der Waals surface area contributed by atoms with Gasteiger partial charge in [0.15, 0.2) is 5.82 Å². The zero-order valence-corrected chi connectivity index (χ0v) is 13.9. The molecule has 0 saturated heterocycles. The van der Waals surface area contributed by atoms with Gasteiger partial charge in [0.05, 0.1) is 18.4 Å². The average molecular weight is 344 g/mol. The molecule has 0 aliphatic heterocycles. The first kappa shape index (κ1) is 16.9. The van der Waals surface area contributed by atoms with E-state index in [1.54, 1.807) is 18.5 Å². The van der Waals surface area contributed by atoms with Crippen LogP contribution in [0.2, 0.25) is 0 Å². The molecule has 1 heterocycles. The Hall–Kier alpha value is -2.96. The minimum atomic E-state index is -2.82. The molecule has 2 aromatic carbocycles. The number of aromatic nitrogens is 2. The van der Waals surface area contributed by atoms with E-state index in [-0.39, 0.29) is 5.75 Å². The van der Waals surface area contributed by atoms with E-state index in [1.165, 1.54) is 12.1 Å². The lowest BCUT2D eigenvalue weighted by molar-refractivity contribution is -0.0498. The number of ether oxygens (including phenoxy) is 1. The second-order valence-electron chi connectivity index (χ2n) is 5.73. The number of hydrogen-bond donors (Lipinski definition) is 0. The van der Waals surface area contributed by atoms with E-state index >= 15 is 0 Å². The maximum Gasteiger partial charge on any atom is 0.387 e. The molecule has 0 aliphatic rings. The number of nitrogens with zero attached hydrogens (tertiary/aromatic N) is 4. The van der Waals surface area contributed by atoms with Crippen LogP contribution in [0.25, 0.3) is 10.9 Å². The smallest absolute Gasteiger partial charge is 0.387 e. The molecule has 0 spiro atoms. The van der Waals surface area contributed by atoms with Crippen LogP contribution in [0.5, 0.6) is 5.75 Å². The highest BCUT2D eigenvalue weighted by molar-refractivity contribution is 5.90. The highest BCUT2D eigenvalue weighted by atomic mass is 19.3. The largest absolute Gasteiger partial charge is 0.435 e. The Morgan fingerprint density at radius 2 is 1.88 bits per heavy atom. The SMILES string of the molecule is CN(C)C=Nc1nn(Cc2ccc(OC(F)F)cc2)c2ccccc12. The van der Waals surface area contributed by atoms with Crippen LogP contribution in [0.4, 0.5) is 14.6 Å². The molecule has 0 atom stereocenters. The number of fused-ring (bicyclic) bond motifs is 1. The highest BCUT2D eigenvalue weighted by Crippen LogP contribution is 2.26. The van der Waals surface area contributed by atoms with Crippen molar-refractivity contribution >= 4 is 23.1 Å². The van der Waals surface area contributed by atoms with Gasteiger partial charge in [0, 0.05) is 19.5 Å². The monoisotopic (exact) mass is 344 g/mol. The fraction of sp³-hybridized carbons (Fsp3) is 0.222. The molecule has 7 heteroatoms. The number of para-hydroxylation sites is 1. The maximum atomic E-state index is 12.2. The molecule has 0 aliphatic carbocycles. The van der Waals surface area contributed by atoms with Gasteiger partial charge in [0.2, 0.25) is 0 Å². The van der Waals surface area contributed by atoms with Crippen molar-refractivity contribution in [1.29, 1.82) is 0 Å². The van der Waals surface area contributed by atoms with Gasteiger partial charge in [0.25, 0.3) is 0 Å². The van der Waals surface area contributed by atoms with Crippen LogP contribution in [0.15, 0.2) is 53.5 Å². The summed E-state index contributed by atoms with van der Waals surface area (Å²) in [7, 11) is 3.79. The molecule has 0 amide bonds. The second-order valence-corrected chi connectivity index (χ2v) is 5.73. The molecule has 25 heavy (non-hydrogen) atoms. The van der Waals surface area contributed by atoms with E-state index in [0.717, 1.165) is 16.5 Å². The first-order valence-electron chi connectivity index (χ1n) is 7.73. The van der Waals surface area contributed by atoms with Gasteiger partial charge in [0.1, 0.15) is 5.75 Å². The van der Waals surface area contributed by atoms with E-state index < -0.39 is 6.61 Å². The van der Waals surface area contributed by atoms with E-state index in [4.69, 9.17) is 0 Å². The lowest BCUT2D eigenvalue weighted by atomic mass is 10.2. The Balaban J connectivity index is 1.88. The molecule has 0 bridgehead atoms. The molecule has 0 unspecified atom stereocenters. The Bertz CT molecular complexity index is 872. The Morgan fingerprint density at radius 1 is 1.16 bits per heavy atom. The first-order valence-corrected chi connectivity index (χ1v) is 7.73. The van der Waals surface area contributed by atoms with Gasteiger partial charge in [-0.1, -0.05) is 24.3 Å². The van der Waals surface area contributed by atoms with Gasteiger partial charge in [-0.25, -0.2) is 4.99 Å². The van der Waals surface area contributed by atoms with Gasteiger partial charge in [-0.3, -0.25) is 4.68 Å². The number of halogens is 2. The van der Waals surface area contributed by atoms with Crippen molar-refractivity contribution in [3.8, 4) is 5.75 Å². The first-order chi connectivity index (χ1) is 12.0. The number of hydrogen-bond acceptors (Lipinski definition) is 3. The van der Waals surface area contributed by atoms with Crippen molar-refractivity contribution < 1.29 is 13.5 Å². The molecule has 3 aromatic rings. The third kappa shape index (κ3) is 4.12. The summed E-state index contributed by atoms with van der Waals surface area (Å²) in [4.78, 5) is 6.25. The van der Waals surface area contributed by atoms with Gasteiger partial charge in [-0.15, -0.1) is 0 Å². The van der Waals surface area contributed by atoms with Crippen molar-refractivity contribution in [3.05, 3.63) is 54.1 Å². The summed E-state index contributed by atoms with van der Waals surface area (Å²) in [6, 6.07) is 14.4. The van der Waals surface area contributed by atoms with E-state index in [0.29, 0.717) is 12.4 Å². The normalized spacial score (nSPS) is 11.6. The van der Waals surface area contributed by atoms with Gasteiger partial charge >= 0.3 is 6.61 Å². The van der Waals surface area contributed by atoms with Crippen LogP contribution >= 0.6 is 0 Å². The lowest BCUT2D eigenvalue weighted by Crippen LogP contribution is -2.07. The number of aliphatic imine (C=N–C) groups is 1. The maximum absolute atomic E-state index is 12.2. The minimum Gasteiger partial charge on any atom is -0.435 e. The second kappa shape index (κ2) is 7.29. The van der Waals surface area contributed by atoms with E-state index in [9.17, 15) is 8.78 Å². The predicted molar refractivity (Wildman–Crippen MR) is 93.7 cm³/mol. The van der Waals surface area contributed by atoms with Crippen LogP contribution in [0.1, 0.15) is 5.56 Å². The molecule has 0 saturated carbocycles. The predicted octanol–water partition coefficient (Wildman–Crippen LogP) is 3.91. The molecule has 0 fully saturated rings. The Morgan fingerprint density at radius 3 is 2.56 bits per heavy atom. The van der Waals surface area contributed by atoms with Crippen molar-refractivity contribution in [3.63, 3.8) is 0 Å². The van der Waals surface area contributed by atoms with Gasteiger partial charge in [-0.2, -0.15) is 13.9 Å². The number of rotatable bonds is 6.